The van der Waals surface area contributed by atoms with Gasteiger partial charge >= 0.3 is 0 Å². The van der Waals surface area contributed by atoms with Crippen molar-refractivity contribution >= 4 is 11.4 Å². The van der Waals surface area contributed by atoms with E-state index in [1.54, 1.807) is 0 Å². The molecule has 40 heavy (non-hydrogen) atoms. The van der Waals surface area contributed by atoms with Crippen molar-refractivity contribution in [2.75, 3.05) is 23.7 Å². The fraction of sp³-hybridized carbons (Fsp3) is 0.889. The quantitative estimate of drug-likeness (QED) is 0.0679. The molecule has 1 aromatic carbocycles. The predicted octanol–water partition coefficient (Wildman–Crippen LogP) is 11.1. The molecule has 0 saturated carbocycles. The lowest BCUT2D eigenvalue weighted by atomic mass is 10.0. The van der Waals surface area contributed by atoms with E-state index in [4.69, 9.17) is 0 Å². The van der Waals surface area contributed by atoms with Gasteiger partial charge in [0.25, 0.3) is 10.9 Å². The Bertz CT molecular complexity index is 676. The normalized spacial score (nSPS) is 11.4. The van der Waals surface area contributed by atoms with Gasteiger partial charge < -0.3 is 10.6 Å². The molecule has 0 radical (unpaired) electrons. The molecule has 0 aliphatic carbocycles. The molecule has 0 aliphatic heterocycles. The van der Waals surface area contributed by atoms with Crippen LogP contribution in [-0.4, -0.2) is 13.1 Å². The first-order valence-corrected chi connectivity index (χ1v) is 18.0. The van der Waals surface area contributed by atoms with Gasteiger partial charge in [0.05, 0.1) is 0 Å². The highest BCUT2D eigenvalue weighted by Gasteiger charge is 2.19. The van der Waals surface area contributed by atoms with Gasteiger partial charge in [-0.2, -0.15) is 0 Å². The summed E-state index contributed by atoms with van der Waals surface area (Å²) in [4.78, 5) is 24.0. The van der Waals surface area contributed by atoms with Gasteiger partial charge in [-0.25, -0.2) is 0 Å². The van der Waals surface area contributed by atoms with Crippen LogP contribution in [0.1, 0.15) is 194 Å². The molecule has 4 nitrogen and oxygen atoms in total. The molecule has 0 bridgehead atoms. The summed E-state index contributed by atoms with van der Waals surface area (Å²) in [5.74, 6) is 0. The SMILES string of the molecule is CCCCCCCCCCCCCCCCNc1c(NCCCCCCCCCCCCCCCC)c(=O)c1=O. The maximum atomic E-state index is 12.0. The van der Waals surface area contributed by atoms with E-state index in [0.29, 0.717) is 11.4 Å². The molecule has 0 amide bonds. The molecule has 0 atom stereocenters. The van der Waals surface area contributed by atoms with Gasteiger partial charge in [0, 0.05) is 13.1 Å². The fourth-order valence-corrected chi connectivity index (χ4v) is 5.79. The van der Waals surface area contributed by atoms with E-state index in [1.165, 1.54) is 167 Å². The number of unbranched alkanes of at least 4 members (excludes halogenated alkanes) is 26. The highest BCUT2D eigenvalue weighted by Crippen LogP contribution is 2.17. The zero-order chi connectivity index (χ0) is 28.9. The maximum Gasteiger partial charge on any atom is 0.253 e. The molecule has 0 heterocycles. The molecule has 0 aliphatic rings. The van der Waals surface area contributed by atoms with Crippen LogP contribution in [0.2, 0.25) is 0 Å². The standard InChI is InChI=1S/C36H68N2O2/c1-3-5-7-9-11-13-15-17-19-21-23-25-27-29-31-37-33-34(36(40)35(33)39)38-32-30-28-26-24-22-20-18-16-14-12-10-8-6-4-2/h37-38H,3-32H2,1-2H3. The minimum absolute atomic E-state index is 0.339. The third kappa shape index (κ3) is 19.7. The number of nitrogens with one attached hydrogen (secondary N) is 2. The smallest absolute Gasteiger partial charge is 0.253 e. The van der Waals surface area contributed by atoms with Gasteiger partial charge in [-0.3, -0.25) is 9.59 Å². The lowest BCUT2D eigenvalue weighted by molar-refractivity contribution is 0.537. The third-order valence-electron chi connectivity index (χ3n) is 8.57. The van der Waals surface area contributed by atoms with E-state index in [-0.39, 0.29) is 10.9 Å². The third-order valence-corrected chi connectivity index (χ3v) is 8.57. The van der Waals surface area contributed by atoms with E-state index < -0.39 is 0 Å². The van der Waals surface area contributed by atoms with Gasteiger partial charge in [-0.1, -0.05) is 181 Å². The Balaban J connectivity index is 1.91. The van der Waals surface area contributed by atoms with Crippen LogP contribution < -0.4 is 21.5 Å². The van der Waals surface area contributed by atoms with Crippen molar-refractivity contribution in [3.8, 4) is 0 Å². The van der Waals surface area contributed by atoms with Crippen molar-refractivity contribution in [1.82, 2.24) is 0 Å². The minimum atomic E-state index is -0.339. The van der Waals surface area contributed by atoms with Crippen LogP contribution in [0.3, 0.4) is 0 Å². The van der Waals surface area contributed by atoms with E-state index in [1.807, 2.05) is 0 Å². The lowest BCUT2D eigenvalue weighted by Gasteiger charge is -2.14. The second kappa shape index (κ2) is 27.8. The van der Waals surface area contributed by atoms with Gasteiger partial charge in [-0.05, 0) is 12.8 Å². The topological polar surface area (TPSA) is 58.2 Å². The number of hydrogen-bond donors (Lipinski definition) is 2. The van der Waals surface area contributed by atoms with Crippen molar-refractivity contribution in [2.45, 2.75) is 194 Å². The molecule has 234 valence electrons. The van der Waals surface area contributed by atoms with E-state index >= 15 is 0 Å². The molecular formula is C36H68N2O2. The summed E-state index contributed by atoms with van der Waals surface area (Å²) in [6.45, 7) is 6.13. The lowest BCUT2D eigenvalue weighted by Crippen LogP contribution is -2.37. The summed E-state index contributed by atoms with van der Waals surface area (Å²) < 4.78 is 0. The van der Waals surface area contributed by atoms with Crippen molar-refractivity contribution in [3.05, 3.63) is 20.4 Å². The predicted molar refractivity (Wildman–Crippen MR) is 179 cm³/mol. The molecule has 0 spiro atoms. The first kappa shape index (κ1) is 36.7. The molecule has 2 N–H and O–H groups in total. The summed E-state index contributed by atoms with van der Waals surface area (Å²) in [5.41, 5.74) is 0.387. The van der Waals surface area contributed by atoms with Crippen LogP contribution in [0.25, 0.3) is 0 Å². The van der Waals surface area contributed by atoms with Crippen LogP contribution in [0.5, 0.6) is 0 Å². The average Bonchev–Trinajstić information content (AvgIpc) is 2.97. The minimum Gasteiger partial charge on any atom is -0.380 e. The Morgan fingerprint density at radius 2 is 0.525 bits per heavy atom. The summed E-state index contributed by atoms with van der Waals surface area (Å²) in [7, 11) is 0. The molecule has 1 aromatic rings. The van der Waals surface area contributed by atoms with Crippen LogP contribution in [-0.2, 0) is 0 Å². The Hall–Kier alpha value is -1.32. The van der Waals surface area contributed by atoms with E-state index in [2.05, 4.69) is 24.5 Å². The number of rotatable bonds is 32. The summed E-state index contributed by atoms with van der Waals surface area (Å²) in [5, 5.41) is 6.48. The van der Waals surface area contributed by atoms with E-state index in [9.17, 15) is 9.59 Å². The highest BCUT2D eigenvalue weighted by atomic mass is 16.2. The van der Waals surface area contributed by atoms with Crippen LogP contribution >= 0.6 is 0 Å². The molecule has 0 aromatic heterocycles. The van der Waals surface area contributed by atoms with Crippen LogP contribution in [0.4, 0.5) is 11.4 Å². The number of anilines is 2. The largest absolute Gasteiger partial charge is 0.380 e. The zero-order valence-electron chi connectivity index (χ0n) is 27.0. The van der Waals surface area contributed by atoms with Crippen LogP contribution in [0.15, 0.2) is 9.59 Å². The van der Waals surface area contributed by atoms with Gasteiger partial charge in [-0.15, -0.1) is 0 Å². The molecule has 4 heteroatoms. The molecule has 0 unspecified atom stereocenters. The van der Waals surface area contributed by atoms with Crippen molar-refractivity contribution < 1.29 is 0 Å². The van der Waals surface area contributed by atoms with Gasteiger partial charge in [0.1, 0.15) is 11.4 Å². The Morgan fingerprint density at radius 1 is 0.325 bits per heavy atom. The maximum absolute atomic E-state index is 12.0. The van der Waals surface area contributed by atoms with Gasteiger partial charge in [0.15, 0.2) is 0 Å². The second-order valence-electron chi connectivity index (χ2n) is 12.5. The Labute approximate surface area is 249 Å². The van der Waals surface area contributed by atoms with Crippen LogP contribution in [0, 0.1) is 0 Å². The van der Waals surface area contributed by atoms with E-state index in [0.717, 1.165) is 25.9 Å². The molecular weight excluding hydrogens is 492 g/mol. The molecule has 1 rings (SSSR count). The summed E-state index contributed by atoms with van der Waals surface area (Å²) in [6, 6.07) is 0. The van der Waals surface area contributed by atoms with Crippen molar-refractivity contribution in [3.63, 3.8) is 0 Å². The van der Waals surface area contributed by atoms with Gasteiger partial charge in [0.2, 0.25) is 0 Å². The molecule has 0 fully saturated rings. The zero-order valence-corrected chi connectivity index (χ0v) is 27.0. The Morgan fingerprint density at radius 3 is 0.750 bits per heavy atom. The summed E-state index contributed by atoms with van der Waals surface area (Å²) >= 11 is 0. The highest BCUT2D eigenvalue weighted by molar-refractivity contribution is 5.73. The van der Waals surface area contributed by atoms with Crippen molar-refractivity contribution in [1.29, 1.82) is 0 Å². The average molecular weight is 561 g/mol. The monoisotopic (exact) mass is 561 g/mol. The summed E-state index contributed by atoms with van der Waals surface area (Å²) in [6.07, 6.45) is 37.7. The fourth-order valence-electron chi connectivity index (χ4n) is 5.79. The van der Waals surface area contributed by atoms with Crippen molar-refractivity contribution in [2.24, 2.45) is 0 Å². The second-order valence-corrected chi connectivity index (χ2v) is 12.5. The molecule has 0 saturated heterocycles. The Kier molecular flexibility index (Phi) is 25.5. The first-order chi connectivity index (χ1) is 19.7. The first-order valence-electron chi connectivity index (χ1n) is 18.0. The number of hydrogen-bond acceptors (Lipinski definition) is 4.